The second-order valence-electron chi connectivity index (χ2n) is 4.60. The molecule has 1 amide bonds. The van der Waals surface area contributed by atoms with Crippen LogP contribution < -0.4 is 16.0 Å². The largest absolute Gasteiger partial charge is 0.507 e. The molecule has 6 heteroatoms. The monoisotopic (exact) mass is 312 g/mol. The van der Waals surface area contributed by atoms with Crippen molar-refractivity contribution in [3.8, 4) is 11.5 Å². The Morgan fingerprint density at radius 3 is 2.57 bits per heavy atom. The maximum Gasteiger partial charge on any atom is 0.257 e. The third-order valence-corrected chi connectivity index (χ3v) is 3.01. The van der Waals surface area contributed by atoms with E-state index in [0.29, 0.717) is 11.3 Å². The summed E-state index contributed by atoms with van der Waals surface area (Å²) < 4.78 is 5.34. The molecule has 0 aliphatic heterocycles. The molecule has 2 rings (SSSR count). The number of benzene rings is 2. The lowest BCUT2D eigenvalue weighted by molar-refractivity contribution is -0.116. The lowest BCUT2D eigenvalue weighted by atomic mass is 10.0. The van der Waals surface area contributed by atoms with Gasteiger partial charge in [-0.15, -0.1) is 0 Å². The van der Waals surface area contributed by atoms with Gasteiger partial charge in [0.15, 0.2) is 5.78 Å². The van der Waals surface area contributed by atoms with Crippen LogP contribution in [0.1, 0.15) is 15.9 Å². The zero-order valence-corrected chi connectivity index (χ0v) is 12.2. The van der Waals surface area contributed by atoms with Crippen LogP contribution in [0.3, 0.4) is 0 Å². The molecule has 0 atom stereocenters. The van der Waals surface area contributed by atoms with Crippen molar-refractivity contribution in [1.82, 2.24) is 5.43 Å². The van der Waals surface area contributed by atoms with Crippen molar-refractivity contribution >= 4 is 11.7 Å². The number of nitrogens with one attached hydrogen (secondary N) is 1. The Morgan fingerprint density at radius 2 is 1.91 bits per heavy atom. The van der Waals surface area contributed by atoms with Crippen molar-refractivity contribution in [3.63, 3.8) is 0 Å². The first-order valence-electron chi connectivity index (χ1n) is 6.84. The van der Waals surface area contributed by atoms with E-state index in [1.807, 2.05) is 11.5 Å². The van der Waals surface area contributed by atoms with Crippen LogP contribution >= 0.6 is 0 Å². The molecule has 0 radical (unpaired) electrons. The molecule has 0 unspecified atom stereocenters. The topological polar surface area (TPSA) is 102 Å². The lowest BCUT2D eigenvalue weighted by Gasteiger charge is -2.07. The van der Waals surface area contributed by atoms with E-state index < -0.39 is 5.91 Å². The summed E-state index contributed by atoms with van der Waals surface area (Å²) in [6.45, 7) is 0.124. The predicted octanol–water partition coefficient (Wildman–Crippen LogP) is 1.55. The molecule has 4 N–H and O–H groups in total. The predicted molar refractivity (Wildman–Crippen MR) is 84.9 cm³/mol. The van der Waals surface area contributed by atoms with Crippen molar-refractivity contribution in [2.45, 2.75) is 0 Å². The Hall–Kier alpha value is -3.12. The minimum atomic E-state index is -0.444. The summed E-state index contributed by atoms with van der Waals surface area (Å²) in [5.41, 5.74) is 2.64. The number of amides is 1. The maximum atomic E-state index is 12.3. The molecule has 0 bridgehead atoms. The number of carbonyl (C=O) groups is 2. The van der Waals surface area contributed by atoms with Crippen molar-refractivity contribution in [2.75, 3.05) is 6.61 Å². The average molecular weight is 312 g/mol. The smallest absolute Gasteiger partial charge is 0.257 e. The highest BCUT2D eigenvalue weighted by Crippen LogP contribution is 2.25. The second kappa shape index (κ2) is 7.77. The van der Waals surface area contributed by atoms with Crippen LogP contribution in [0, 0.1) is 0 Å². The van der Waals surface area contributed by atoms with Crippen LogP contribution in [-0.4, -0.2) is 23.4 Å². The lowest BCUT2D eigenvalue weighted by Crippen LogP contribution is -2.28. The highest BCUT2D eigenvalue weighted by Gasteiger charge is 2.13. The zero-order chi connectivity index (χ0) is 16.7. The van der Waals surface area contributed by atoms with E-state index in [0.717, 1.165) is 0 Å². The van der Waals surface area contributed by atoms with Gasteiger partial charge in [0, 0.05) is 17.7 Å². The van der Waals surface area contributed by atoms with Gasteiger partial charge in [0.05, 0.1) is 5.56 Å². The van der Waals surface area contributed by atoms with Gasteiger partial charge in [-0.3, -0.25) is 15.0 Å². The Morgan fingerprint density at radius 1 is 1.17 bits per heavy atom. The number of hydrogen-bond donors (Lipinski definition) is 3. The van der Waals surface area contributed by atoms with Crippen molar-refractivity contribution < 1.29 is 19.4 Å². The molecular weight excluding hydrogens is 296 g/mol. The minimum absolute atomic E-state index is 0.124. The van der Waals surface area contributed by atoms with Crippen LogP contribution in [0.15, 0.2) is 60.7 Å². The third-order valence-electron chi connectivity index (χ3n) is 3.01. The highest BCUT2D eigenvalue weighted by molar-refractivity contribution is 6.10. The SMILES string of the molecule is NNC(=O)/C=C/COc1ccc(C(=O)c2ccccc2)c(O)c1. The normalized spacial score (nSPS) is 10.5. The first-order chi connectivity index (χ1) is 11.1. The Labute approximate surface area is 133 Å². The van der Waals surface area contributed by atoms with E-state index in [-0.39, 0.29) is 23.7 Å². The molecule has 0 saturated carbocycles. The number of nitrogens with two attached hydrogens (primary N) is 1. The number of phenols is 1. The summed E-state index contributed by atoms with van der Waals surface area (Å²) >= 11 is 0. The van der Waals surface area contributed by atoms with Gasteiger partial charge in [0.25, 0.3) is 5.91 Å². The van der Waals surface area contributed by atoms with Gasteiger partial charge >= 0.3 is 0 Å². The summed E-state index contributed by atoms with van der Waals surface area (Å²) in [7, 11) is 0. The average Bonchev–Trinajstić information content (AvgIpc) is 2.58. The quantitative estimate of drug-likeness (QED) is 0.247. The van der Waals surface area contributed by atoms with Crippen molar-refractivity contribution in [2.24, 2.45) is 5.84 Å². The summed E-state index contributed by atoms with van der Waals surface area (Å²) in [5.74, 6) is 4.42. The fourth-order valence-electron chi connectivity index (χ4n) is 1.89. The molecule has 23 heavy (non-hydrogen) atoms. The van der Waals surface area contributed by atoms with Crippen molar-refractivity contribution in [3.05, 3.63) is 71.8 Å². The first-order valence-corrected chi connectivity index (χ1v) is 6.84. The van der Waals surface area contributed by atoms with E-state index in [1.54, 1.807) is 30.3 Å². The van der Waals surface area contributed by atoms with Gasteiger partial charge in [0.1, 0.15) is 18.1 Å². The molecular formula is C17H16N2O4. The number of ketones is 1. The molecule has 0 aromatic heterocycles. The van der Waals surface area contributed by atoms with Crippen LogP contribution in [0.25, 0.3) is 0 Å². The van der Waals surface area contributed by atoms with Crippen LogP contribution in [0.2, 0.25) is 0 Å². The number of aromatic hydroxyl groups is 1. The molecule has 118 valence electrons. The number of rotatable bonds is 6. The van der Waals surface area contributed by atoms with Gasteiger partial charge in [-0.2, -0.15) is 0 Å². The van der Waals surface area contributed by atoms with Crippen LogP contribution in [-0.2, 0) is 4.79 Å². The molecule has 0 heterocycles. The van der Waals surface area contributed by atoms with Gasteiger partial charge in [0.2, 0.25) is 0 Å². The van der Waals surface area contributed by atoms with E-state index in [4.69, 9.17) is 10.6 Å². The number of hydrogen-bond acceptors (Lipinski definition) is 5. The zero-order valence-electron chi connectivity index (χ0n) is 12.2. The summed E-state index contributed by atoms with van der Waals surface area (Å²) in [4.78, 5) is 23.2. The summed E-state index contributed by atoms with van der Waals surface area (Å²) in [5, 5.41) is 10.0. The third kappa shape index (κ3) is 4.42. The van der Waals surface area contributed by atoms with Gasteiger partial charge < -0.3 is 9.84 Å². The van der Waals surface area contributed by atoms with Gasteiger partial charge in [-0.1, -0.05) is 30.3 Å². The van der Waals surface area contributed by atoms with E-state index >= 15 is 0 Å². The maximum absolute atomic E-state index is 12.3. The molecule has 0 fully saturated rings. The molecule has 2 aromatic carbocycles. The molecule has 0 saturated heterocycles. The first kappa shape index (κ1) is 16.3. The fraction of sp³-hybridized carbons (Fsp3) is 0.0588. The molecule has 0 aliphatic rings. The minimum Gasteiger partial charge on any atom is -0.507 e. The molecule has 2 aromatic rings. The number of ether oxygens (including phenoxy) is 1. The second-order valence-corrected chi connectivity index (χ2v) is 4.60. The highest BCUT2D eigenvalue weighted by atomic mass is 16.5. The van der Waals surface area contributed by atoms with Crippen LogP contribution in [0.5, 0.6) is 11.5 Å². The van der Waals surface area contributed by atoms with Crippen LogP contribution in [0.4, 0.5) is 0 Å². The molecule has 0 spiro atoms. The van der Waals surface area contributed by atoms with Gasteiger partial charge in [-0.25, -0.2) is 5.84 Å². The van der Waals surface area contributed by atoms with Crippen molar-refractivity contribution in [1.29, 1.82) is 0 Å². The fourth-order valence-corrected chi connectivity index (χ4v) is 1.89. The Balaban J connectivity index is 2.05. The van der Waals surface area contributed by atoms with E-state index in [2.05, 4.69) is 0 Å². The number of carbonyl (C=O) groups excluding carboxylic acids is 2. The van der Waals surface area contributed by atoms with Gasteiger partial charge in [-0.05, 0) is 18.2 Å². The Bertz CT molecular complexity index is 727. The van der Waals surface area contributed by atoms with E-state index in [9.17, 15) is 14.7 Å². The summed E-state index contributed by atoms with van der Waals surface area (Å²) in [6, 6.07) is 13.1. The standard InChI is InChI=1S/C17H16N2O4/c18-19-16(21)7-4-10-23-13-8-9-14(15(20)11-13)17(22)12-5-2-1-3-6-12/h1-9,11,20H,10,18H2,(H,19,21)/b7-4+. The number of hydrazine groups is 1. The molecule has 0 aliphatic carbocycles. The van der Waals surface area contributed by atoms with E-state index in [1.165, 1.54) is 24.3 Å². The summed E-state index contributed by atoms with van der Waals surface area (Å²) in [6.07, 6.45) is 2.70. The Kier molecular flexibility index (Phi) is 5.49. The number of phenolic OH excluding ortho intramolecular Hbond substituents is 1. The molecule has 6 nitrogen and oxygen atoms in total.